The van der Waals surface area contributed by atoms with Crippen molar-refractivity contribution in [1.29, 1.82) is 0 Å². The molecule has 2 fully saturated rings. The molecule has 1 unspecified atom stereocenters. The summed E-state index contributed by atoms with van der Waals surface area (Å²) in [5.41, 5.74) is 0.209. The van der Waals surface area contributed by atoms with Crippen LogP contribution in [0, 0.1) is 0 Å². The first-order chi connectivity index (χ1) is 17.0. The lowest BCUT2D eigenvalue weighted by molar-refractivity contribution is -0.161. The molecule has 0 aromatic heterocycles. The molecule has 1 spiro atoms. The van der Waals surface area contributed by atoms with Crippen molar-refractivity contribution in [1.82, 2.24) is 10.2 Å². The molecule has 0 bridgehead atoms. The molecule has 3 rings (SSSR count). The summed E-state index contributed by atoms with van der Waals surface area (Å²) in [7, 11) is 1.58. The standard InChI is InChI=1S/C26H37N3O6/c1-29-18-23(31)35-26(16-17-33-20-26)15-11-6-4-2-3-5-10-14-22(30)27-24(29)28-25(32)34-19-21-12-8-7-9-13-21/h7-9,12-13H,2-6,10-11,14-20H2,1H3,(H,27,28,30,32). The van der Waals surface area contributed by atoms with Gasteiger partial charge in [-0.1, -0.05) is 62.4 Å². The van der Waals surface area contributed by atoms with Crippen molar-refractivity contribution in [2.24, 2.45) is 4.99 Å². The van der Waals surface area contributed by atoms with Crippen LogP contribution in [0.3, 0.4) is 0 Å². The molecule has 0 aliphatic carbocycles. The first-order valence-electron chi connectivity index (χ1n) is 12.6. The van der Waals surface area contributed by atoms with E-state index in [4.69, 9.17) is 14.2 Å². The fourth-order valence-electron chi connectivity index (χ4n) is 4.31. The summed E-state index contributed by atoms with van der Waals surface area (Å²) < 4.78 is 16.7. The zero-order valence-electron chi connectivity index (χ0n) is 20.6. The Kier molecular flexibility index (Phi) is 10.5. The third-order valence-electron chi connectivity index (χ3n) is 6.32. The van der Waals surface area contributed by atoms with Crippen LogP contribution in [-0.4, -0.2) is 61.2 Å². The molecule has 2 aliphatic rings. The van der Waals surface area contributed by atoms with E-state index in [-0.39, 0.29) is 25.0 Å². The summed E-state index contributed by atoms with van der Waals surface area (Å²) >= 11 is 0. The number of carbonyl (C=O) groups is 3. The Bertz CT molecular complexity index is 867. The van der Waals surface area contributed by atoms with Gasteiger partial charge in [-0.25, -0.2) is 4.79 Å². The third-order valence-corrected chi connectivity index (χ3v) is 6.32. The Hall–Kier alpha value is -2.94. The zero-order chi connectivity index (χ0) is 24.9. The van der Waals surface area contributed by atoms with Gasteiger partial charge in [0.15, 0.2) is 0 Å². The van der Waals surface area contributed by atoms with Crippen molar-refractivity contribution >= 4 is 23.9 Å². The fourth-order valence-corrected chi connectivity index (χ4v) is 4.31. The maximum absolute atomic E-state index is 12.8. The van der Waals surface area contributed by atoms with Crippen LogP contribution in [0.4, 0.5) is 4.79 Å². The van der Waals surface area contributed by atoms with Gasteiger partial charge in [-0.2, -0.15) is 0 Å². The minimum atomic E-state index is -0.851. The second kappa shape index (κ2) is 13.8. The number of hydrogen-bond donors (Lipinski definition) is 1. The smallest absolute Gasteiger partial charge is 0.437 e. The van der Waals surface area contributed by atoms with Gasteiger partial charge in [-0.15, -0.1) is 4.99 Å². The largest absolute Gasteiger partial charge is 0.455 e. The SMILES string of the molecule is CN1CC(=O)OC2(CCCCCCCCCC(=O)NC1=NC(=O)OCc1ccccc1)CCOC2. The quantitative estimate of drug-likeness (QED) is 0.630. The Balaban J connectivity index is 1.69. The van der Waals surface area contributed by atoms with Gasteiger partial charge in [-0.3, -0.25) is 14.9 Å². The Morgan fingerprint density at radius 3 is 2.49 bits per heavy atom. The van der Waals surface area contributed by atoms with Crippen LogP contribution in [0.15, 0.2) is 35.3 Å². The Morgan fingerprint density at radius 1 is 1.06 bits per heavy atom. The van der Waals surface area contributed by atoms with Crippen LogP contribution in [-0.2, 0) is 30.4 Å². The minimum absolute atomic E-state index is 0.0361. The molecule has 192 valence electrons. The number of aliphatic imine (C=N–C) groups is 1. The number of nitrogens with zero attached hydrogens (tertiary/aromatic N) is 2. The van der Waals surface area contributed by atoms with Crippen molar-refractivity contribution < 1.29 is 28.6 Å². The summed E-state index contributed by atoms with van der Waals surface area (Å²) in [6.07, 6.45) is 8.01. The molecule has 2 saturated heterocycles. The molecule has 9 nitrogen and oxygen atoms in total. The average molecular weight is 488 g/mol. The predicted molar refractivity (Wildman–Crippen MR) is 131 cm³/mol. The highest BCUT2D eigenvalue weighted by molar-refractivity contribution is 6.01. The molecule has 1 N–H and O–H groups in total. The minimum Gasteiger partial charge on any atom is -0.455 e. The number of likely N-dealkylation sites (N-methyl/N-ethyl adjacent to an activating group) is 1. The van der Waals surface area contributed by atoms with E-state index in [1.807, 2.05) is 30.3 Å². The lowest BCUT2D eigenvalue weighted by atomic mass is 9.94. The highest BCUT2D eigenvalue weighted by Gasteiger charge is 2.38. The monoisotopic (exact) mass is 487 g/mol. The summed E-state index contributed by atoms with van der Waals surface area (Å²) in [4.78, 5) is 43.1. The van der Waals surface area contributed by atoms with Crippen LogP contribution < -0.4 is 5.32 Å². The van der Waals surface area contributed by atoms with Crippen molar-refractivity contribution in [2.45, 2.75) is 76.4 Å². The van der Waals surface area contributed by atoms with Gasteiger partial charge in [0.2, 0.25) is 11.9 Å². The Morgan fingerprint density at radius 2 is 1.77 bits per heavy atom. The fraction of sp³-hybridized carbons (Fsp3) is 0.615. The number of rotatable bonds is 2. The van der Waals surface area contributed by atoms with Gasteiger partial charge in [0, 0.05) is 19.9 Å². The first kappa shape index (κ1) is 26.7. The normalized spacial score (nSPS) is 24.6. The predicted octanol–water partition coefficient (Wildman–Crippen LogP) is 3.95. The van der Waals surface area contributed by atoms with Gasteiger partial charge in [0.1, 0.15) is 18.8 Å². The highest BCUT2D eigenvalue weighted by atomic mass is 16.6. The maximum atomic E-state index is 12.8. The number of esters is 1. The first-order valence-corrected chi connectivity index (χ1v) is 12.6. The van der Waals surface area contributed by atoms with Crippen molar-refractivity contribution in [3.05, 3.63) is 35.9 Å². The highest BCUT2D eigenvalue weighted by Crippen LogP contribution is 2.30. The van der Waals surface area contributed by atoms with E-state index in [9.17, 15) is 14.4 Å². The van der Waals surface area contributed by atoms with E-state index in [0.29, 0.717) is 26.1 Å². The molecule has 1 aromatic carbocycles. The molecular formula is C26H37N3O6. The van der Waals surface area contributed by atoms with Crippen LogP contribution in [0.2, 0.25) is 0 Å². The van der Waals surface area contributed by atoms with Gasteiger partial charge in [-0.05, 0) is 24.8 Å². The van der Waals surface area contributed by atoms with Crippen LogP contribution in [0.25, 0.3) is 0 Å². The summed E-state index contributed by atoms with van der Waals surface area (Å²) in [6.45, 7) is 0.844. The molecule has 0 saturated carbocycles. The number of nitrogens with one attached hydrogen (secondary N) is 1. The number of benzene rings is 1. The van der Waals surface area contributed by atoms with Crippen molar-refractivity contribution in [2.75, 3.05) is 26.8 Å². The van der Waals surface area contributed by atoms with Gasteiger partial charge >= 0.3 is 12.1 Å². The summed E-state index contributed by atoms with van der Waals surface area (Å²) in [5, 5.41) is 2.68. The van der Waals surface area contributed by atoms with Gasteiger partial charge in [0.25, 0.3) is 0 Å². The van der Waals surface area contributed by atoms with Crippen molar-refractivity contribution in [3.8, 4) is 0 Å². The Labute approximate surface area is 207 Å². The van der Waals surface area contributed by atoms with Crippen LogP contribution >= 0.6 is 0 Å². The molecule has 35 heavy (non-hydrogen) atoms. The summed E-state index contributed by atoms with van der Waals surface area (Å²) in [6, 6.07) is 9.24. The van der Waals surface area contributed by atoms with Gasteiger partial charge in [0.05, 0.1) is 13.2 Å². The van der Waals surface area contributed by atoms with E-state index >= 15 is 0 Å². The molecule has 9 heteroatoms. The van der Waals surface area contributed by atoms with Crippen LogP contribution in [0.1, 0.15) is 69.8 Å². The van der Waals surface area contributed by atoms with E-state index in [1.165, 1.54) is 4.90 Å². The third kappa shape index (κ3) is 9.32. The molecule has 2 aliphatic heterocycles. The number of carbonyl (C=O) groups excluding carboxylic acids is 3. The van der Waals surface area contributed by atoms with E-state index < -0.39 is 17.7 Å². The topological polar surface area (TPSA) is 107 Å². The maximum Gasteiger partial charge on any atom is 0.437 e. The van der Waals surface area contributed by atoms with Crippen molar-refractivity contribution in [3.63, 3.8) is 0 Å². The van der Waals surface area contributed by atoms with E-state index in [2.05, 4.69) is 10.3 Å². The second-order valence-corrected chi connectivity index (χ2v) is 9.31. The molecule has 1 atom stereocenters. The molecule has 2 heterocycles. The summed E-state index contributed by atoms with van der Waals surface area (Å²) in [5.74, 6) is -0.752. The number of ether oxygens (including phenoxy) is 3. The van der Waals surface area contributed by atoms with Crippen LogP contribution in [0.5, 0.6) is 0 Å². The number of amides is 2. The number of guanidine groups is 1. The second-order valence-electron chi connectivity index (χ2n) is 9.31. The zero-order valence-corrected chi connectivity index (χ0v) is 20.6. The van der Waals surface area contributed by atoms with E-state index in [1.54, 1.807) is 7.05 Å². The van der Waals surface area contributed by atoms with E-state index in [0.717, 1.165) is 56.9 Å². The molecule has 2 amide bonds. The van der Waals surface area contributed by atoms with Gasteiger partial charge < -0.3 is 19.1 Å². The molecule has 0 radical (unpaired) electrons. The lowest BCUT2D eigenvalue weighted by Gasteiger charge is -2.29. The number of hydrogen-bond acceptors (Lipinski definition) is 6. The lowest BCUT2D eigenvalue weighted by Crippen LogP contribution is -2.46. The molecular weight excluding hydrogens is 450 g/mol. The molecule has 1 aromatic rings. The average Bonchev–Trinajstić information content (AvgIpc) is 3.29.